The van der Waals surface area contributed by atoms with E-state index in [1.54, 1.807) is 30.3 Å². The van der Waals surface area contributed by atoms with Crippen molar-refractivity contribution in [2.75, 3.05) is 5.01 Å². The number of hydrogen-bond acceptors (Lipinski definition) is 3. The van der Waals surface area contributed by atoms with Gasteiger partial charge in [-0.15, -0.1) is 0 Å². The van der Waals surface area contributed by atoms with Crippen LogP contribution in [0.3, 0.4) is 0 Å². The van der Waals surface area contributed by atoms with E-state index in [1.807, 2.05) is 35.3 Å². The summed E-state index contributed by atoms with van der Waals surface area (Å²) in [5, 5.41) is 16.0. The zero-order valence-corrected chi connectivity index (χ0v) is 14.8. The lowest BCUT2D eigenvalue weighted by Crippen LogP contribution is -2.18. The Morgan fingerprint density at radius 2 is 1.61 bits per heavy atom. The van der Waals surface area contributed by atoms with Crippen LogP contribution in [0, 0.1) is 0 Å². The fourth-order valence-corrected chi connectivity index (χ4v) is 3.33. The van der Waals surface area contributed by atoms with Crippen molar-refractivity contribution < 1.29 is 18.3 Å². The van der Waals surface area contributed by atoms with Gasteiger partial charge in [0.1, 0.15) is 5.75 Å². The Bertz CT molecular complexity index is 998. The van der Waals surface area contributed by atoms with E-state index in [1.165, 1.54) is 6.07 Å². The first-order valence-corrected chi connectivity index (χ1v) is 8.80. The number of halogens is 3. The van der Waals surface area contributed by atoms with Crippen LogP contribution < -0.4 is 5.01 Å². The highest BCUT2D eigenvalue weighted by molar-refractivity contribution is 6.03. The Kier molecular flexibility index (Phi) is 4.55. The van der Waals surface area contributed by atoms with Crippen LogP contribution in [0.15, 0.2) is 84.0 Å². The van der Waals surface area contributed by atoms with Gasteiger partial charge in [-0.2, -0.15) is 18.3 Å². The maximum absolute atomic E-state index is 13.1. The van der Waals surface area contributed by atoms with Crippen molar-refractivity contribution in [2.45, 2.75) is 18.6 Å². The van der Waals surface area contributed by atoms with Crippen molar-refractivity contribution in [1.29, 1.82) is 0 Å². The molecule has 1 atom stereocenters. The van der Waals surface area contributed by atoms with E-state index >= 15 is 0 Å². The number of benzene rings is 3. The number of hydrazone groups is 1. The van der Waals surface area contributed by atoms with Crippen molar-refractivity contribution >= 4 is 11.4 Å². The fourth-order valence-electron chi connectivity index (χ4n) is 3.33. The molecule has 0 spiro atoms. The van der Waals surface area contributed by atoms with E-state index in [4.69, 9.17) is 0 Å². The number of alkyl halides is 3. The number of aromatic hydroxyl groups is 1. The third kappa shape index (κ3) is 3.58. The molecule has 1 heterocycles. The van der Waals surface area contributed by atoms with Crippen LogP contribution in [0.4, 0.5) is 18.9 Å². The van der Waals surface area contributed by atoms with Crippen LogP contribution >= 0.6 is 0 Å². The minimum atomic E-state index is -4.40. The number of para-hydroxylation sites is 1. The Balaban J connectivity index is 1.74. The predicted molar refractivity (Wildman–Crippen MR) is 102 cm³/mol. The van der Waals surface area contributed by atoms with Crippen LogP contribution in [-0.2, 0) is 6.18 Å². The van der Waals surface area contributed by atoms with Crippen LogP contribution in [0.1, 0.15) is 29.2 Å². The molecule has 1 aliphatic rings. The molecule has 3 aromatic carbocycles. The van der Waals surface area contributed by atoms with E-state index in [-0.39, 0.29) is 11.8 Å². The van der Waals surface area contributed by atoms with Crippen LogP contribution in [0.25, 0.3) is 0 Å². The van der Waals surface area contributed by atoms with Gasteiger partial charge in [0.15, 0.2) is 0 Å². The van der Waals surface area contributed by atoms with Gasteiger partial charge in [0.05, 0.1) is 23.0 Å². The van der Waals surface area contributed by atoms with Crippen molar-refractivity contribution in [1.82, 2.24) is 0 Å². The highest BCUT2D eigenvalue weighted by Crippen LogP contribution is 2.38. The lowest BCUT2D eigenvalue weighted by molar-refractivity contribution is -0.137. The first kappa shape index (κ1) is 18.1. The standard InChI is InChI=1S/C22H17F3N2O/c23-22(24,25)17-6-4-5-16(13-17)20-14-21(15-9-11-19(28)12-10-15)27(26-20)18-7-2-1-3-8-18/h1-13,21,28H,14H2. The predicted octanol–water partition coefficient (Wildman–Crippen LogP) is 5.77. The SMILES string of the molecule is Oc1ccc(C2CC(c3cccc(C(F)(F)F)c3)=NN2c2ccccc2)cc1. The lowest BCUT2D eigenvalue weighted by atomic mass is 9.97. The highest BCUT2D eigenvalue weighted by atomic mass is 19.4. The lowest BCUT2D eigenvalue weighted by Gasteiger charge is -2.24. The van der Waals surface area contributed by atoms with E-state index in [2.05, 4.69) is 5.10 Å². The molecule has 0 amide bonds. The average Bonchev–Trinajstić information content (AvgIpc) is 3.14. The summed E-state index contributed by atoms with van der Waals surface area (Å²) in [6.07, 6.45) is -3.94. The normalized spacial score (nSPS) is 16.9. The Labute approximate surface area is 160 Å². The van der Waals surface area contributed by atoms with Crippen LogP contribution in [0.5, 0.6) is 5.75 Å². The Morgan fingerprint density at radius 3 is 2.29 bits per heavy atom. The van der Waals surface area contributed by atoms with Gasteiger partial charge >= 0.3 is 6.18 Å². The average molecular weight is 382 g/mol. The van der Waals surface area contributed by atoms with Crippen molar-refractivity contribution in [3.8, 4) is 5.75 Å². The molecule has 1 aliphatic heterocycles. The minimum absolute atomic E-state index is 0.159. The van der Waals surface area contributed by atoms with Gasteiger partial charge in [-0.1, -0.05) is 42.5 Å². The smallest absolute Gasteiger partial charge is 0.416 e. The van der Waals surface area contributed by atoms with Crippen LogP contribution in [-0.4, -0.2) is 10.8 Å². The second-order valence-corrected chi connectivity index (χ2v) is 6.62. The van der Waals surface area contributed by atoms with Crippen molar-refractivity contribution in [2.24, 2.45) is 5.10 Å². The summed E-state index contributed by atoms with van der Waals surface area (Å²) in [6, 6.07) is 21.4. The molecule has 1 unspecified atom stereocenters. The molecule has 0 saturated carbocycles. The molecule has 3 nitrogen and oxygen atoms in total. The zero-order valence-electron chi connectivity index (χ0n) is 14.8. The molecule has 142 valence electrons. The molecule has 0 aliphatic carbocycles. The van der Waals surface area contributed by atoms with Crippen LogP contribution in [0.2, 0.25) is 0 Å². The van der Waals surface area contributed by atoms with Gasteiger partial charge in [-0.25, -0.2) is 0 Å². The summed E-state index contributed by atoms with van der Waals surface area (Å²) in [7, 11) is 0. The van der Waals surface area contributed by atoms with Gasteiger partial charge < -0.3 is 5.11 Å². The summed E-state index contributed by atoms with van der Waals surface area (Å²) >= 11 is 0. The summed E-state index contributed by atoms with van der Waals surface area (Å²) in [5.41, 5.74) is 2.13. The molecular formula is C22H17F3N2O. The van der Waals surface area contributed by atoms with Gasteiger partial charge in [-0.05, 0) is 47.5 Å². The molecule has 0 saturated heterocycles. The number of nitrogens with zero attached hydrogens (tertiary/aromatic N) is 2. The summed E-state index contributed by atoms with van der Waals surface area (Å²) in [5.74, 6) is 0.159. The molecule has 0 aromatic heterocycles. The quantitative estimate of drug-likeness (QED) is 0.625. The molecule has 6 heteroatoms. The molecule has 0 bridgehead atoms. The van der Waals surface area contributed by atoms with E-state index < -0.39 is 11.7 Å². The maximum atomic E-state index is 13.1. The molecule has 1 N–H and O–H groups in total. The third-order valence-electron chi connectivity index (χ3n) is 4.73. The monoisotopic (exact) mass is 382 g/mol. The summed E-state index contributed by atoms with van der Waals surface area (Å²) in [4.78, 5) is 0. The first-order chi connectivity index (χ1) is 13.4. The maximum Gasteiger partial charge on any atom is 0.416 e. The van der Waals surface area contributed by atoms with Gasteiger partial charge in [0.2, 0.25) is 0 Å². The van der Waals surface area contributed by atoms with Crippen molar-refractivity contribution in [3.05, 3.63) is 95.6 Å². The summed E-state index contributed by atoms with van der Waals surface area (Å²) in [6.45, 7) is 0. The first-order valence-electron chi connectivity index (χ1n) is 8.80. The number of phenols is 1. The Hall–Kier alpha value is -3.28. The number of phenolic OH excluding ortho intramolecular Hbond substituents is 1. The van der Waals surface area contributed by atoms with E-state index in [0.29, 0.717) is 17.7 Å². The molecule has 4 rings (SSSR count). The summed E-state index contributed by atoms with van der Waals surface area (Å²) < 4.78 is 39.3. The minimum Gasteiger partial charge on any atom is -0.508 e. The van der Waals surface area contributed by atoms with Crippen molar-refractivity contribution in [3.63, 3.8) is 0 Å². The zero-order chi connectivity index (χ0) is 19.7. The van der Waals surface area contributed by atoms with E-state index in [0.717, 1.165) is 23.4 Å². The second-order valence-electron chi connectivity index (χ2n) is 6.62. The second kappa shape index (κ2) is 7.03. The molecule has 0 fully saturated rings. The largest absolute Gasteiger partial charge is 0.508 e. The highest BCUT2D eigenvalue weighted by Gasteiger charge is 2.33. The third-order valence-corrected chi connectivity index (χ3v) is 4.73. The van der Waals surface area contributed by atoms with Gasteiger partial charge in [0.25, 0.3) is 0 Å². The number of anilines is 1. The fraction of sp³-hybridized carbons (Fsp3) is 0.136. The Morgan fingerprint density at radius 1 is 0.893 bits per heavy atom. The number of rotatable bonds is 3. The molecule has 0 radical (unpaired) electrons. The van der Waals surface area contributed by atoms with E-state index in [9.17, 15) is 18.3 Å². The molecule has 3 aromatic rings. The molecular weight excluding hydrogens is 365 g/mol. The molecule has 28 heavy (non-hydrogen) atoms. The van der Waals surface area contributed by atoms with Gasteiger partial charge in [0, 0.05) is 6.42 Å². The number of hydrogen-bond donors (Lipinski definition) is 1. The topological polar surface area (TPSA) is 35.8 Å². The van der Waals surface area contributed by atoms with Gasteiger partial charge in [-0.3, -0.25) is 5.01 Å².